The molecule has 21 heteroatoms. The Morgan fingerprint density at radius 3 is 1.10 bits per heavy atom. The molecule has 0 aromatic carbocycles. The van der Waals surface area contributed by atoms with Crippen LogP contribution in [-0.2, 0) is 85.6 Å². The lowest BCUT2D eigenvalue weighted by Crippen LogP contribution is -2.37. The minimum atomic E-state index is -0.415. The van der Waals surface area contributed by atoms with E-state index in [0.717, 1.165) is 4.90 Å². The summed E-state index contributed by atoms with van der Waals surface area (Å²) >= 11 is 0. The van der Waals surface area contributed by atoms with Gasteiger partial charge in [-0.15, -0.1) is 0 Å². The van der Waals surface area contributed by atoms with E-state index >= 15 is 0 Å². The van der Waals surface area contributed by atoms with Crippen molar-refractivity contribution in [3.63, 3.8) is 0 Å². The molecule has 0 bridgehead atoms. The van der Waals surface area contributed by atoms with Crippen molar-refractivity contribution in [3.8, 4) is 0 Å². The highest BCUT2D eigenvalue weighted by Gasteiger charge is 2.23. The molecule has 366 valence electrons. The number of rotatable bonds is 48. The Balaban J connectivity index is 0.0000397. The fraction of sp³-hybridized carbons (Fsp3) is 0.810. The van der Waals surface area contributed by atoms with Gasteiger partial charge in [0, 0.05) is 59.0 Å². The van der Waals surface area contributed by atoms with Crippen LogP contribution in [0.2, 0.25) is 0 Å². The number of nitrogens with zero attached hydrogens (tertiary/aromatic N) is 2. The molecule has 21 nitrogen and oxygen atoms in total. The number of amides is 4. The molecule has 1 aliphatic rings. The number of ketones is 2. The van der Waals surface area contributed by atoms with Gasteiger partial charge in [-0.3, -0.25) is 33.7 Å². The second kappa shape index (κ2) is 42.6. The Morgan fingerprint density at radius 1 is 0.444 bits per heavy atom. The molecule has 0 atom stereocenters. The maximum atomic E-state index is 13.1. The third-order valence-corrected chi connectivity index (χ3v) is 8.40. The molecule has 63 heavy (non-hydrogen) atoms. The Bertz CT molecular complexity index is 1190. The molecule has 4 amide bonds. The molecule has 0 unspecified atom stereocenters. The Kier molecular flexibility index (Phi) is 39.0. The molecular formula is C42H75N3O18. The summed E-state index contributed by atoms with van der Waals surface area (Å²) in [5, 5.41) is 2.67. The van der Waals surface area contributed by atoms with E-state index in [2.05, 4.69) is 5.32 Å². The number of imide groups is 1. The molecule has 0 saturated heterocycles. The largest absolute Gasteiger partial charge is 0.379 e. The minimum absolute atomic E-state index is 0. The van der Waals surface area contributed by atoms with Crippen LogP contribution < -0.4 is 5.32 Å². The first-order valence-corrected chi connectivity index (χ1v) is 21.7. The van der Waals surface area contributed by atoms with Crippen molar-refractivity contribution in [2.75, 3.05) is 185 Å². The maximum Gasteiger partial charge on any atom is 0.253 e. The first kappa shape index (κ1) is 57.7. The highest BCUT2D eigenvalue weighted by Crippen LogP contribution is 2.04. The lowest BCUT2D eigenvalue weighted by Gasteiger charge is -2.23. The van der Waals surface area contributed by atoms with E-state index in [4.69, 9.17) is 56.8 Å². The molecule has 0 aromatic heterocycles. The topological polar surface area (TPSA) is 232 Å². The monoisotopic (exact) mass is 910 g/mol. The van der Waals surface area contributed by atoms with Crippen molar-refractivity contribution in [2.24, 2.45) is 0 Å². The molecule has 1 aliphatic heterocycles. The second-order valence-corrected chi connectivity index (χ2v) is 13.6. The van der Waals surface area contributed by atoms with Gasteiger partial charge in [-0.05, 0) is 13.8 Å². The number of carbonyl (C=O) groups is 6. The minimum Gasteiger partial charge on any atom is -0.379 e. The highest BCUT2D eigenvalue weighted by atomic mass is 16.6. The van der Waals surface area contributed by atoms with Crippen molar-refractivity contribution >= 4 is 35.2 Å². The molecular weight excluding hydrogens is 834 g/mol. The average molecular weight is 910 g/mol. The van der Waals surface area contributed by atoms with Gasteiger partial charge in [0.25, 0.3) is 11.8 Å². The summed E-state index contributed by atoms with van der Waals surface area (Å²) in [5.74, 6) is -1.02. The van der Waals surface area contributed by atoms with Gasteiger partial charge >= 0.3 is 0 Å². The van der Waals surface area contributed by atoms with Crippen molar-refractivity contribution < 1.29 is 87.0 Å². The summed E-state index contributed by atoms with van der Waals surface area (Å²) in [6.45, 7) is 13.0. The van der Waals surface area contributed by atoms with E-state index < -0.39 is 11.8 Å². The summed E-state index contributed by atoms with van der Waals surface area (Å²) in [6, 6.07) is 0. The van der Waals surface area contributed by atoms with Crippen molar-refractivity contribution in [1.82, 2.24) is 15.1 Å². The van der Waals surface area contributed by atoms with Crippen molar-refractivity contribution in [1.29, 1.82) is 0 Å². The van der Waals surface area contributed by atoms with Crippen molar-refractivity contribution in [3.05, 3.63) is 12.2 Å². The third kappa shape index (κ3) is 37.7. The smallest absolute Gasteiger partial charge is 0.253 e. The van der Waals surface area contributed by atoms with E-state index in [0.29, 0.717) is 184 Å². The summed E-state index contributed by atoms with van der Waals surface area (Å²) in [5.41, 5.74) is 0. The van der Waals surface area contributed by atoms with E-state index in [1.807, 2.05) is 0 Å². The van der Waals surface area contributed by atoms with E-state index in [1.165, 1.54) is 26.0 Å². The fourth-order valence-corrected chi connectivity index (χ4v) is 4.96. The van der Waals surface area contributed by atoms with Gasteiger partial charge in [-0.1, -0.05) is 0 Å². The van der Waals surface area contributed by atoms with E-state index in [-0.39, 0.29) is 50.8 Å². The first-order chi connectivity index (χ1) is 30.7. The lowest BCUT2D eigenvalue weighted by molar-refractivity contribution is -0.137. The summed E-state index contributed by atoms with van der Waals surface area (Å²) in [7, 11) is 0. The summed E-state index contributed by atoms with van der Waals surface area (Å²) in [6.07, 6.45) is 3.37. The number of hydrogen-bond donors (Lipinski definition) is 1. The van der Waals surface area contributed by atoms with E-state index in [1.54, 1.807) is 4.90 Å². The number of Topliss-reactive ketones (excluding diaryl/α,β-unsaturated/α-hetero) is 2. The lowest BCUT2D eigenvalue weighted by atomic mass is 10.3. The van der Waals surface area contributed by atoms with Crippen LogP contribution in [0.5, 0.6) is 0 Å². The zero-order valence-electron chi connectivity index (χ0n) is 37.5. The van der Waals surface area contributed by atoms with Gasteiger partial charge < -0.3 is 67.1 Å². The van der Waals surface area contributed by atoms with Gasteiger partial charge in [0.05, 0.1) is 165 Å². The molecule has 0 aromatic rings. The van der Waals surface area contributed by atoms with Gasteiger partial charge in [-0.25, -0.2) is 0 Å². The van der Waals surface area contributed by atoms with Crippen LogP contribution in [0.4, 0.5) is 0 Å². The maximum absolute atomic E-state index is 13.1. The number of nitrogens with one attached hydrogen (secondary N) is 1. The molecule has 0 fully saturated rings. The third-order valence-electron chi connectivity index (χ3n) is 8.40. The second-order valence-electron chi connectivity index (χ2n) is 13.6. The van der Waals surface area contributed by atoms with Crippen LogP contribution >= 0.6 is 0 Å². The standard InChI is InChI=1S/C42H73N3O18.H2/c1-37(46)6-13-52-19-25-58-32-35-62-29-23-56-17-11-44(12-18-57-24-30-63-36-33-59-26-20-53-14-7-38(2)47)40(49)8-15-54-21-27-60-31-34-61-28-22-55-16-9-43-39(48)5-10-45-41(50)3-4-42(45)51;/h3-4H,5-36H2,1-2H3,(H,43,48);1H. The predicted octanol–water partition coefficient (Wildman–Crippen LogP) is 0.0398. The van der Waals surface area contributed by atoms with Crippen LogP contribution in [0.15, 0.2) is 12.2 Å². The number of hydrogen-bond acceptors (Lipinski definition) is 18. The zero-order chi connectivity index (χ0) is 45.9. The van der Waals surface area contributed by atoms with E-state index in [9.17, 15) is 28.8 Å². The van der Waals surface area contributed by atoms with Crippen LogP contribution in [0.1, 0.15) is 41.0 Å². The zero-order valence-corrected chi connectivity index (χ0v) is 37.5. The molecule has 0 radical (unpaired) electrons. The van der Waals surface area contributed by atoms with Gasteiger partial charge in [0.15, 0.2) is 0 Å². The van der Waals surface area contributed by atoms with Gasteiger partial charge in [-0.2, -0.15) is 0 Å². The van der Waals surface area contributed by atoms with Crippen molar-refractivity contribution in [2.45, 2.75) is 39.5 Å². The molecule has 1 rings (SSSR count). The predicted molar refractivity (Wildman–Crippen MR) is 227 cm³/mol. The van der Waals surface area contributed by atoms with Crippen LogP contribution in [-0.4, -0.2) is 230 Å². The number of carbonyl (C=O) groups excluding carboxylic acids is 6. The van der Waals surface area contributed by atoms with Gasteiger partial charge in [0.2, 0.25) is 11.8 Å². The molecule has 0 spiro atoms. The molecule has 0 aliphatic carbocycles. The Labute approximate surface area is 373 Å². The highest BCUT2D eigenvalue weighted by molar-refractivity contribution is 6.13. The fourth-order valence-electron chi connectivity index (χ4n) is 4.96. The number of ether oxygens (including phenoxy) is 12. The van der Waals surface area contributed by atoms with Crippen LogP contribution in [0, 0.1) is 0 Å². The molecule has 1 N–H and O–H groups in total. The van der Waals surface area contributed by atoms with Crippen LogP contribution in [0.25, 0.3) is 0 Å². The first-order valence-electron chi connectivity index (χ1n) is 21.7. The van der Waals surface area contributed by atoms with Crippen LogP contribution in [0.3, 0.4) is 0 Å². The summed E-state index contributed by atoms with van der Waals surface area (Å²) < 4.78 is 66.0. The normalized spacial score (nSPS) is 12.4. The Hall–Kier alpha value is -3.32. The Morgan fingerprint density at radius 2 is 0.746 bits per heavy atom. The SMILES string of the molecule is CC(=O)CCOCCOCCOCCOCCN(CCOCCOCCOCCOCCC(C)=O)C(=O)CCOCCOCCOCCOCCNC(=O)CCN1C(=O)C=CC1=O.[HH]. The quantitative estimate of drug-likeness (QED) is 0.0627. The summed E-state index contributed by atoms with van der Waals surface area (Å²) in [4.78, 5) is 72.5. The molecule has 1 heterocycles. The average Bonchev–Trinajstić information content (AvgIpc) is 3.58. The molecule has 0 saturated carbocycles. The van der Waals surface area contributed by atoms with Gasteiger partial charge in [0.1, 0.15) is 11.6 Å².